The number of hydrogen-bond donors (Lipinski definition) is 1. The third kappa shape index (κ3) is 1.75. The van der Waals surface area contributed by atoms with E-state index in [1.165, 1.54) is 17.7 Å². The van der Waals surface area contributed by atoms with Crippen LogP contribution in [0.2, 0.25) is 5.02 Å². The molecule has 88 valence electrons. The molecule has 1 heterocycles. The highest BCUT2D eigenvalue weighted by Gasteiger charge is 2.21. The Hall–Kier alpha value is -1.32. The fourth-order valence-electron chi connectivity index (χ4n) is 2.46. The zero-order valence-electron chi connectivity index (χ0n) is 9.49. The van der Waals surface area contributed by atoms with E-state index in [1.54, 1.807) is 0 Å². The number of rotatable bonds is 2. The van der Waals surface area contributed by atoms with Crippen LogP contribution in [0, 0.1) is 0 Å². The lowest BCUT2D eigenvalue weighted by Gasteiger charge is -2.07. The molecule has 1 aliphatic rings. The summed E-state index contributed by atoms with van der Waals surface area (Å²) in [6, 6.07) is 7.71. The lowest BCUT2D eigenvalue weighted by molar-refractivity contribution is 0.752. The molecule has 0 bridgehead atoms. The van der Waals surface area contributed by atoms with Gasteiger partial charge in [0, 0.05) is 11.6 Å². The molecule has 3 nitrogen and oxygen atoms in total. The molecule has 0 unspecified atom stereocenters. The summed E-state index contributed by atoms with van der Waals surface area (Å²) in [4.78, 5) is 0. The summed E-state index contributed by atoms with van der Waals surface area (Å²) in [5.41, 5.74) is 10.6. The van der Waals surface area contributed by atoms with Gasteiger partial charge in [-0.3, -0.25) is 0 Å². The van der Waals surface area contributed by atoms with E-state index in [1.807, 2.05) is 28.9 Å². The Bertz CT molecular complexity index is 543. The molecule has 2 N–H and O–H groups in total. The van der Waals surface area contributed by atoms with Crippen molar-refractivity contribution < 1.29 is 0 Å². The minimum absolute atomic E-state index is 0.533. The fourth-order valence-corrected chi connectivity index (χ4v) is 2.59. The monoisotopic (exact) mass is 247 g/mol. The first-order chi connectivity index (χ1) is 8.29. The topological polar surface area (TPSA) is 43.8 Å². The van der Waals surface area contributed by atoms with Crippen LogP contribution < -0.4 is 5.73 Å². The first-order valence-corrected chi connectivity index (χ1v) is 6.23. The molecule has 2 aromatic rings. The van der Waals surface area contributed by atoms with Crippen LogP contribution in [0.4, 0.5) is 0 Å². The molecule has 0 saturated heterocycles. The molecule has 4 heteroatoms. The van der Waals surface area contributed by atoms with Crippen LogP contribution in [0.25, 0.3) is 5.69 Å². The molecule has 3 rings (SSSR count). The molecule has 0 radical (unpaired) electrons. The molecule has 0 spiro atoms. The highest BCUT2D eigenvalue weighted by molar-refractivity contribution is 6.30. The number of hydrogen-bond acceptors (Lipinski definition) is 2. The lowest BCUT2D eigenvalue weighted by atomic mass is 10.2. The first-order valence-electron chi connectivity index (χ1n) is 5.85. The van der Waals surface area contributed by atoms with E-state index in [4.69, 9.17) is 17.3 Å². The Balaban J connectivity index is 2.11. The van der Waals surface area contributed by atoms with Crippen molar-refractivity contribution in [3.63, 3.8) is 0 Å². The van der Waals surface area contributed by atoms with Gasteiger partial charge in [-0.25, -0.2) is 4.68 Å². The van der Waals surface area contributed by atoms with E-state index in [2.05, 4.69) is 5.10 Å². The third-order valence-corrected chi connectivity index (χ3v) is 3.53. The van der Waals surface area contributed by atoms with Crippen LogP contribution in [0.5, 0.6) is 0 Å². The quantitative estimate of drug-likeness (QED) is 0.886. The van der Waals surface area contributed by atoms with Gasteiger partial charge >= 0.3 is 0 Å². The maximum absolute atomic E-state index is 5.89. The number of aryl methyl sites for hydroxylation is 1. The summed E-state index contributed by atoms with van der Waals surface area (Å²) < 4.78 is 1.96. The number of nitrogens with zero attached hydrogens (tertiary/aromatic N) is 2. The van der Waals surface area contributed by atoms with Gasteiger partial charge < -0.3 is 5.73 Å². The number of nitrogens with two attached hydrogens (primary N) is 1. The minimum atomic E-state index is 0.533. The molecule has 0 saturated carbocycles. The SMILES string of the molecule is NCc1c2c(nn1-c1ccc(Cl)cc1)CCC2. The third-order valence-electron chi connectivity index (χ3n) is 3.28. The Morgan fingerprint density at radius 1 is 1.24 bits per heavy atom. The summed E-state index contributed by atoms with van der Waals surface area (Å²) in [6.07, 6.45) is 3.38. The summed E-state index contributed by atoms with van der Waals surface area (Å²) in [5.74, 6) is 0. The predicted octanol–water partition coefficient (Wildman–Crippen LogP) is 2.47. The molecular weight excluding hydrogens is 234 g/mol. The second-order valence-corrected chi connectivity index (χ2v) is 4.75. The van der Waals surface area contributed by atoms with E-state index in [-0.39, 0.29) is 0 Å². The van der Waals surface area contributed by atoms with Gasteiger partial charge in [0.15, 0.2) is 0 Å². The largest absolute Gasteiger partial charge is 0.325 e. The Kier molecular flexibility index (Phi) is 2.65. The van der Waals surface area contributed by atoms with Crippen LogP contribution in [-0.2, 0) is 19.4 Å². The van der Waals surface area contributed by atoms with Crippen LogP contribution >= 0.6 is 11.6 Å². The standard InChI is InChI=1S/C13H14ClN3/c14-9-4-6-10(7-5-9)17-13(8-15)11-2-1-3-12(11)16-17/h4-7H,1-3,8,15H2. The van der Waals surface area contributed by atoms with Crippen LogP contribution in [0.15, 0.2) is 24.3 Å². The van der Waals surface area contributed by atoms with Crippen LogP contribution in [0.3, 0.4) is 0 Å². The molecule has 0 aliphatic heterocycles. The second kappa shape index (κ2) is 4.17. The van der Waals surface area contributed by atoms with Crippen LogP contribution in [-0.4, -0.2) is 9.78 Å². The van der Waals surface area contributed by atoms with Crippen molar-refractivity contribution in [2.75, 3.05) is 0 Å². The zero-order chi connectivity index (χ0) is 11.8. The van der Waals surface area contributed by atoms with Gasteiger partial charge in [0.1, 0.15) is 0 Å². The summed E-state index contributed by atoms with van der Waals surface area (Å²) >= 11 is 5.89. The van der Waals surface area contributed by atoms with Gasteiger partial charge in [0.25, 0.3) is 0 Å². The molecule has 0 atom stereocenters. The number of benzene rings is 1. The van der Waals surface area contributed by atoms with E-state index >= 15 is 0 Å². The van der Waals surface area contributed by atoms with Crippen molar-refractivity contribution in [1.29, 1.82) is 0 Å². The summed E-state index contributed by atoms with van der Waals surface area (Å²) in [5, 5.41) is 5.39. The number of aromatic nitrogens is 2. The molecule has 1 aliphatic carbocycles. The lowest BCUT2D eigenvalue weighted by Crippen LogP contribution is -2.08. The fraction of sp³-hybridized carbons (Fsp3) is 0.308. The predicted molar refractivity (Wildman–Crippen MR) is 68.5 cm³/mol. The molecule has 0 fully saturated rings. The van der Waals surface area contributed by atoms with Gasteiger partial charge in [0.2, 0.25) is 0 Å². The van der Waals surface area contributed by atoms with Crippen molar-refractivity contribution in [2.24, 2.45) is 5.73 Å². The van der Waals surface area contributed by atoms with Gasteiger partial charge in [-0.1, -0.05) is 11.6 Å². The maximum atomic E-state index is 5.89. The van der Waals surface area contributed by atoms with Crippen molar-refractivity contribution in [1.82, 2.24) is 9.78 Å². The van der Waals surface area contributed by atoms with Gasteiger partial charge in [-0.2, -0.15) is 5.10 Å². The smallest absolute Gasteiger partial charge is 0.0664 e. The summed E-state index contributed by atoms with van der Waals surface area (Å²) in [7, 11) is 0. The van der Waals surface area contributed by atoms with Gasteiger partial charge in [-0.05, 0) is 49.1 Å². The average molecular weight is 248 g/mol. The first kappa shape index (κ1) is 10.8. The maximum Gasteiger partial charge on any atom is 0.0664 e. The van der Waals surface area contributed by atoms with Gasteiger partial charge in [-0.15, -0.1) is 0 Å². The summed E-state index contributed by atoms with van der Waals surface area (Å²) in [6.45, 7) is 0.533. The Morgan fingerprint density at radius 2 is 2.00 bits per heavy atom. The minimum Gasteiger partial charge on any atom is -0.325 e. The van der Waals surface area contributed by atoms with Crippen molar-refractivity contribution in [3.05, 3.63) is 46.2 Å². The van der Waals surface area contributed by atoms with E-state index < -0.39 is 0 Å². The van der Waals surface area contributed by atoms with Crippen LogP contribution in [0.1, 0.15) is 23.4 Å². The average Bonchev–Trinajstić information content (AvgIpc) is 2.89. The number of halogens is 1. The number of fused-ring (bicyclic) bond motifs is 1. The normalized spacial score (nSPS) is 14.0. The Morgan fingerprint density at radius 3 is 2.71 bits per heavy atom. The molecule has 0 amide bonds. The molecule has 17 heavy (non-hydrogen) atoms. The molecular formula is C13H14ClN3. The van der Waals surface area contributed by atoms with Crippen molar-refractivity contribution >= 4 is 11.6 Å². The van der Waals surface area contributed by atoms with Crippen molar-refractivity contribution in [3.8, 4) is 5.69 Å². The highest BCUT2D eigenvalue weighted by Crippen LogP contribution is 2.27. The second-order valence-electron chi connectivity index (χ2n) is 4.32. The van der Waals surface area contributed by atoms with E-state index in [0.29, 0.717) is 6.54 Å². The van der Waals surface area contributed by atoms with Gasteiger partial charge in [0.05, 0.1) is 17.1 Å². The Labute approximate surface area is 105 Å². The van der Waals surface area contributed by atoms with Crippen molar-refractivity contribution in [2.45, 2.75) is 25.8 Å². The van der Waals surface area contributed by atoms with E-state index in [9.17, 15) is 0 Å². The molecule has 1 aromatic carbocycles. The molecule has 1 aromatic heterocycles. The zero-order valence-corrected chi connectivity index (χ0v) is 10.2. The van der Waals surface area contributed by atoms with E-state index in [0.717, 1.165) is 29.2 Å². The highest BCUT2D eigenvalue weighted by atomic mass is 35.5.